The summed E-state index contributed by atoms with van der Waals surface area (Å²) in [5.74, 6) is -0.323. The summed E-state index contributed by atoms with van der Waals surface area (Å²) < 4.78 is 22.8. The van der Waals surface area contributed by atoms with Crippen LogP contribution in [0.4, 0.5) is 0 Å². The molecule has 1 amide bonds. The number of pyridine rings is 1. The van der Waals surface area contributed by atoms with E-state index in [4.69, 9.17) is 16.4 Å². The monoisotopic (exact) mass is 318 g/mol. The van der Waals surface area contributed by atoms with E-state index in [0.29, 0.717) is 11.6 Å². The first-order chi connectivity index (χ1) is 9.46. The van der Waals surface area contributed by atoms with Gasteiger partial charge in [-0.25, -0.2) is 18.5 Å². The Balaban J connectivity index is 1.87. The zero-order chi connectivity index (χ0) is 14.6. The quantitative estimate of drug-likeness (QED) is 0.772. The molecule has 1 aliphatic rings. The summed E-state index contributed by atoms with van der Waals surface area (Å²) in [6.45, 7) is 0.108. The molecule has 1 aliphatic heterocycles. The number of carbonyl (C=O) groups is 1. The van der Waals surface area contributed by atoms with E-state index in [1.165, 1.54) is 0 Å². The van der Waals surface area contributed by atoms with Crippen LogP contribution in [0.25, 0.3) is 0 Å². The number of hydrogen-bond acceptors (Lipinski definition) is 5. The van der Waals surface area contributed by atoms with Gasteiger partial charge in [0, 0.05) is 12.6 Å². The lowest BCUT2D eigenvalue weighted by molar-refractivity contribution is -0.181. The fraction of sp³-hybridized carbons (Fsp3) is 0.500. The molecule has 8 heteroatoms. The van der Waals surface area contributed by atoms with Crippen molar-refractivity contribution in [3.63, 3.8) is 0 Å². The van der Waals surface area contributed by atoms with Crippen molar-refractivity contribution in [1.29, 1.82) is 0 Å². The van der Waals surface area contributed by atoms with Crippen molar-refractivity contribution in [2.24, 2.45) is 0 Å². The van der Waals surface area contributed by atoms with E-state index in [1.807, 2.05) is 0 Å². The third-order valence-electron chi connectivity index (χ3n) is 2.94. The first-order valence-corrected chi connectivity index (χ1v) is 8.40. The van der Waals surface area contributed by atoms with Crippen LogP contribution in [-0.4, -0.2) is 49.0 Å². The van der Waals surface area contributed by atoms with Crippen molar-refractivity contribution in [3.8, 4) is 0 Å². The minimum atomic E-state index is -3.10. The van der Waals surface area contributed by atoms with E-state index in [1.54, 1.807) is 18.3 Å². The molecule has 0 spiro atoms. The first-order valence-electron chi connectivity index (χ1n) is 6.20. The van der Waals surface area contributed by atoms with E-state index >= 15 is 0 Å². The highest BCUT2D eigenvalue weighted by molar-refractivity contribution is 7.91. The Hall–Kier alpha value is -1.18. The van der Waals surface area contributed by atoms with Crippen molar-refractivity contribution < 1.29 is 18.0 Å². The topological polar surface area (TPSA) is 76.6 Å². The predicted molar refractivity (Wildman–Crippen MR) is 73.9 cm³/mol. The van der Waals surface area contributed by atoms with Gasteiger partial charge in [0.25, 0.3) is 0 Å². The fourth-order valence-electron chi connectivity index (χ4n) is 1.79. The van der Waals surface area contributed by atoms with Crippen molar-refractivity contribution >= 4 is 27.3 Å². The van der Waals surface area contributed by atoms with Crippen LogP contribution in [0.2, 0.25) is 5.15 Å². The van der Waals surface area contributed by atoms with Crippen LogP contribution in [0.1, 0.15) is 12.0 Å². The van der Waals surface area contributed by atoms with Gasteiger partial charge in [0.1, 0.15) is 5.15 Å². The normalized spacial score (nSPS) is 18.6. The lowest BCUT2D eigenvalue weighted by Gasteiger charge is -2.18. The van der Waals surface area contributed by atoms with Crippen LogP contribution in [0.3, 0.4) is 0 Å². The second-order valence-electron chi connectivity index (χ2n) is 4.47. The largest absolute Gasteiger partial charge is 0.273 e. The molecule has 0 aromatic carbocycles. The first kappa shape index (κ1) is 15.2. The molecule has 0 saturated carbocycles. The summed E-state index contributed by atoms with van der Waals surface area (Å²) in [7, 11) is -3.10. The average molecular weight is 319 g/mol. The standard InChI is InChI=1S/C12H15ClN2O4S/c13-11-3-1-10(9-14-11)2-4-12(16)15-5-7-20(17,18)8-6-19-15/h1,3,9H,2,4-8H2. The summed E-state index contributed by atoms with van der Waals surface area (Å²) in [6, 6.07) is 3.47. The molecule has 110 valence electrons. The number of aromatic nitrogens is 1. The molecular formula is C12H15ClN2O4S. The van der Waals surface area contributed by atoms with Crippen LogP contribution in [0.5, 0.6) is 0 Å². The molecule has 0 aliphatic carbocycles. The molecule has 1 aromatic heterocycles. The molecule has 2 rings (SSSR count). The van der Waals surface area contributed by atoms with Crippen molar-refractivity contribution in [2.75, 3.05) is 24.7 Å². The predicted octanol–water partition coefficient (Wildman–Crippen LogP) is 0.856. The van der Waals surface area contributed by atoms with Gasteiger partial charge in [-0.1, -0.05) is 17.7 Å². The number of hydroxylamine groups is 2. The van der Waals surface area contributed by atoms with Crippen molar-refractivity contribution in [3.05, 3.63) is 29.0 Å². The summed E-state index contributed by atoms with van der Waals surface area (Å²) in [6.07, 6.45) is 2.36. The smallest absolute Gasteiger partial charge is 0.246 e. The third-order valence-corrected chi connectivity index (χ3v) is 4.76. The molecule has 0 N–H and O–H groups in total. The molecule has 0 radical (unpaired) electrons. The highest BCUT2D eigenvalue weighted by atomic mass is 35.5. The summed E-state index contributed by atoms with van der Waals surface area (Å²) in [5.41, 5.74) is 0.894. The zero-order valence-electron chi connectivity index (χ0n) is 10.8. The van der Waals surface area contributed by atoms with Gasteiger partial charge in [-0.3, -0.25) is 9.63 Å². The number of aryl methyl sites for hydroxylation is 1. The van der Waals surface area contributed by atoms with Crippen LogP contribution in [-0.2, 0) is 25.9 Å². The molecule has 1 saturated heterocycles. The lowest BCUT2D eigenvalue weighted by atomic mass is 10.1. The van der Waals surface area contributed by atoms with E-state index in [9.17, 15) is 13.2 Å². The summed E-state index contributed by atoms with van der Waals surface area (Å²) in [5, 5.41) is 1.55. The molecule has 1 fully saturated rings. The number of hydrogen-bond donors (Lipinski definition) is 0. The Kier molecular flexibility index (Phi) is 4.95. The molecule has 2 heterocycles. The zero-order valence-corrected chi connectivity index (χ0v) is 12.4. The maximum absolute atomic E-state index is 12.0. The number of carbonyl (C=O) groups excluding carboxylic acids is 1. The lowest BCUT2D eigenvalue weighted by Crippen LogP contribution is -2.33. The molecular weight excluding hydrogens is 304 g/mol. The molecule has 0 bridgehead atoms. The van der Waals surface area contributed by atoms with Gasteiger partial charge in [-0.15, -0.1) is 0 Å². The fourth-order valence-corrected chi connectivity index (χ4v) is 2.88. The van der Waals surface area contributed by atoms with E-state index in [-0.39, 0.29) is 37.0 Å². The number of amides is 1. The number of rotatable bonds is 3. The van der Waals surface area contributed by atoms with Gasteiger partial charge in [0.05, 0.1) is 24.7 Å². The minimum absolute atomic E-state index is 0.0244. The SMILES string of the molecule is O=C(CCc1ccc(Cl)nc1)N1CCS(=O)(=O)CCO1. The second kappa shape index (κ2) is 6.51. The Morgan fingerprint density at radius 1 is 1.40 bits per heavy atom. The van der Waals surface area contributed by atoms with Crippen LogP contribution >= 0.6 is 11.6 Å². The Morgan fingerprint density at radius 2 is 2.20 bits per heavy atom. The molecule has 6 nitrogen and oxygen atoms in total. The van der Waals surface area contributed by atoms with Gasteiger partial charge in [0.15, 0.2) is 9.84 Å². The highest BCUT2D eigenvalue weighted by Gasteiger charge is 2.23. The number of sulfone groups is 1. The van der Waals surface area contributed by atoms with E-state index in [2.05, 4.69) is 4.98 Å². The second-order valence-corrected chi connectivity index (χ2v) is 7.16. The van der Waals surface area contributed by atoms with Crippen molar-refractivity contribution in [2.45, 2.75) is 12.8 Å². The minimum Gasteiger partial charge on any atom is -0.273 e. The third kappa shape index (κ3) is 4.43. The van der Waals surface area contributed by atoms with Gasteiger partial charge in [0.2, 0.25) is 5.91 Å². The average Bonchev–Trinajstić information content (AvgIpc) is 2.59. The van der Waals surface area contributed by atoms with Gasteiger partial charge in [-0.2, -0.15) is 0 Å². The molecule has 0 unspecified atom stereocenters. The van der Waals surface area contributed by atoms with Crippen LogP contribution < -0.4 is 0 Å². The van der Waals surface area contributed by atoms with E-state index in [0.717, 1.165) is 10.6 Å². The maximum Gasteiger partial charge on any atom is 0.246 e. The summed E-state index contributed by atoms with van der Waals surface area (Å²) >= 11 is 5.68. The van der Waals surface area contributed by atoms with Crippen LogP contribution in [0, 0.1) is 0 Å². The Morgan fingerprint density at radius 3 is 2.90 bits per heavy atom. The van der Waals surface area contributed by atoms with Gasteiger partial charge in [-0.05, 0) is 18.1 Å². The molecule has 0 atom stereocenters. The Bertz CT molecular complexity index is 574. The van der Waals surface area contributed by atoms with Gasteiger partial charge >= 0.3 is 0 Å². The summed E-state index contributed by atoms with van der Waals surface area (Å²) in [4.78, 5) is 21.1. The maximum atomic E-state index is 12.0. The number of halogens is 1. The van der Waals surface area contributed by atoms with Crippen molar-refractivity contribution in [1.82, 2.24) is 10.0 Å². The molecule has 20 heavy (non-hydrogen) atoms. The number of nitrogens with zero attached hydrogens (tertiary/aromatic N) is 2. The van der Waals surface area contributed by atoms with Crippen LogP contribution in [0.15, 0.2) is 18.3 Å². The Labute approximate surface area is 122 Å². The van der Waals surface area contributed by atoms with E-state index < -0.39 is 9.84 Å². The highest BCUT2D eigenvalue weighted by Crippen LogP contribution is 2.10. The van der Waals surface area contributed by atoms with Gasteiger partial charge < -0.3 is 0 Å². The molecule has 1 aromatic rings.